The lowest BCUT2D eigenvalue weighted by atomic mass is 10.0. The molecule has 0 aliphatic rings. The maximum absolute atomic E-state index is 4.98. The monoisotopic (exact) mass is 340 g/mol. The van der Waals surface area contributed by atoms with E-state index in [1.165, 1.54) is 38.9 Å². The summed E-state index contributed by atoms with van der Waals surface area (Å²) in [6.45, 7) is 9.47. The SMILES string of the molecule is Cc1ccc(-c2nc3ccccc3n2Cc2cc(C)ccc2C)c(C)c1. The third kappa shape index (κ3) is 2.92. The largest absolute Gasteiger partial charge is 0.319 e. The minimum Gasteiger partial charge on any atom is -0.319 e. The molecular weight excluding hydrogens is 316 g/mol. The van der Waals surface area contributed by atoms with Crippen LogP contribution in [0.1, 0.15) is 27.8 Å². The first-order chi connectivity index (χ1) is 12.5. The summed E-state index contributed by atoms with van der Waals surface area (Å²) in [5, 5.41) is 0. The lowest BCUT2D eigenvalue weighted by Crippen LogP contribution is -2.05. The summed E-state index contributed by atoms with van der Waals surface area (Å²) in [5.74, 6) is 1.05. The van der Waals surface area contributed by atoms with Gasteiger partial charge in [0.05, 0.1) is 11.0 Å². The molecule has 0 amide bonds. The van der Waals surface area contributed by atoms with Crippen LogP contribution in [-0.4, -0.2) is 9.55 Å². The Hall–Kier alpha value is -2.87. The maximum atomic E-state index is 4.98. The van der Waals surface area contributed by atoms with Gasteiger partial charge in [0.1, 0.15) is 5.82 Å². The predicted molar refractivity (Wildman–Crippen MR) is 110 cm³/mol. The van der Waals surface area contributed by atoms with Gasteiger partial charge in [-0.1, -0.05) is 59.7 Å². The summed E-state index contributed by atoms with van der Waals surface area (Å²) in [6, 6.07) is 21.7. The van der Waals surface area contributed by atoms with Gasteiger partial charge in [0.15, 0.2) is 0 Å². The average molecular weight is 340 g/mol. The van der Waals surface area contributed by atoms with Crippen molar-refractivity contribution in [2.75, 3.05) is 0 Å². The van der Waals surface area contributed by atoms with Crippen LogP contribution < -0.4 is 0 Å². The van der Waals surface area contributed by atoms with Gasteiger partial charge in [-0.05, 0) is 56.5 Å². The zero-order valence-corrected chi connectivity index (χ0v) is 15.9. The van der Waals surface area contributed by atoms with Gasteiger partial charge in [-0.15, -0.1) is 0 Å². The molecule has 130 valence electrons. The van der Waals surface area contributed by atoms with E-state index in [-0.39, 0.29) is 0 Å². The lowest BCUT2D eigenvalue weighted by Gasteiger charge is -2.14. The second kappa shape index (κ2) is 6.45. The normalized spacial score (nSPS) is 11.2. The standard InChI is InChI=1S/C24H24N2/c1-16-10-12-21(19(4)13-16)24-25-22-7-5-6-8-23(22)26(24)15-20-14-17(2)9-11-18(20)3/h5-14H,15H2,1-4H3. The summed E-state index contributed by atoms with van der Waals surface area (Å²) >= 11 is 0. The van der Waals surface area contributed by atoms with Gasteiger partial charge >= 0.3 is 0 Å². The van der Waals surface area contributed by atoms with E-state index >= 15 is 0 Å². The summed E-state index contributed by atoms with van der Waals surface area (Å²) < 4.78 is 2.36. The van der Waals surface area contributed by atoms with Crippen LogP contribution in [0.3, 0.4) is 0 Å². The maximum Gasteiger partial charge on any atom is 0.141 e. The molecular formula is C24H24N2. The first kappa shape index (κ1) is 16.6. The van der Waals surface area contributed by atoms with Gasteiger partial charge in [0, 0.05) is 12.1 Å². The van der Waals surface area contributed by atoms with E-state index in [1.54, 1.807) is 0 Å². The Morgan fingerprint density at radius 2 is 1.50 bits per heavy atom. The van der Waals surface area contributed by atoms with E-state index in [2.05, 4.69) is 92.9 Å². The van der Waals surface area contributed by atoms with E-state index in [1.807, 2.05) is 0 Å². The van der Waals surface area contributed by atoms with E-state index in [9.17, 15) is 0 Å². The van der Waals surface area contributed by atoms with E-state index in [4.69, 9.17) is 4.98 Å². The topological polar surface area (TPSA) is 17.8 Å². The highest BCUT2D eigenvalue weighted by atomic mass is 15.1. The first-order valence-electron chi connectivity index (χ1n) is 9.12. The van der Waals surface area contributed by atoms with E-state index in [0.29, 0.717) is 0 Å². The molecule has 0 atom stereocenters. The highest BCUT2D eigenvalue weighted by molar-refractivity contribution is 5.81. The Balaban J connectivity index is 1.93. The number of imidazole rings is 1. The fraction of sp³-hybridized carbons (Fsp3) is 0.208. The molecule has 2 nitrogen and oxygen atoms in total. The molecule has 4 rings (SSSR count). The van der Waals surface area contributed by atoms with Crippen LogP contribution in [0.5, 0.6) is 0 Å². The number of aromatic nitrogens is 2. The molecule has 0 unspecified atom stereocenters. The number of benzene rings is 3. The van der Waals surface area contributed by atoms with Crippen molar-refractivity contribution in [3.8, 4) is 11.4 Å². The summed E-state index contributed by atoms with van der Waals surface area (Å²) in [6.07, 6.45) is 0. The van der Waals surface area contributed by atoms with Crippen molar-refractivity contribution in [3.05, 3.63) is 88.5 Å². The number of hydrogen-bond acceptors (Lipinski definition) is 1. The molecule has 0 aliphatic heterocycles. The number of aryl methyl sites for hydroxylation is 4. The van der Waals surface area contributed by atoms with Gasteiger partial charge in [-0.25, -0.2) is 4.98 Å². The minimum atomic E-state index is 0.830. The van der Waals surface area contributed by atoms with Crippen molar-refractivity contribution in [2.45, 2.75) is 34.2 Å². The zero-order valence-electron chi connectivity index (χ0n) is 15.9. The molecule has 0 aliphatic carbocycles. The molecule has 2 heteroatoms. The Morgan fingerprint density at radius 3 is 2.31 bits per heavy atom. The van der Waals surface area contributed by atoms with Crippen molar-refractivity contribution in [1.29, 1.82) is 0 Å². The number of fused-ring (bicyclic) bond motifs is 1. The molecule has 26 heavy (non-hydrogen) atoms. The van der Waals surface area contributed by atoms with Crippen molar-refractivity contribution in [1.82, 2.24) is 9.55 Å². The molecule has 0 saturated heterocycles. The fourth-order valence-electron chi connectivity index (χ4n) is 3.65. The van der Waals surface area contributed by atoms with Crippen molar-refractivity contribution < 1.29 is 0 Å². The minimum absolute atomic E-state index is 0.830. The predicted octanol–water partition coefficient (Wildman–Crippen LogP) is 5.99. The lowest BCUT2D eigenvalue weighted by molar-refractivity contribution is 0.826. The molecule has 0 saturated carbocycles. The second-order valence-electron chi connectivity index (χ2n) is 7.26. The fourth-order valence-corrected chi connectivity index (χ4v) is 3.65. The molecule has 0 spiro atoms. The average Bonchev–Trinajstić information content (AvgIpc) is 2.97. The third-order valence-corrected chi connectivity index (χ3v) is 5.11. The second-order valence-corrected chi connectivity index (χ2v) is 7.26. The smallest absolute Gasteiger partial charge is 0.141 e. The van der Waals surface area contributed by atoms with Crippen LogP contribution in [-0.2, 0) is 6.54 Å². The van der Waals surface area contributed by atoms with Crippen LogP contribution in [0.2, 0.25) is 0 Å². The number of rotatable bonds is 3. The molecule has 0 N–H and O–H groups in total. The van der Waals surface area contributed by atoms with Crippen LogP contribution in [0.4, 0.5) is 0 Å². The van der Waals surface area contributed by atoms with Gasteiger partial charge in [0.2, 0.25) is 0 Å². The number of hydrogen-bond donors (Lipinski definition) is 0. The van der Waals surface area contributed by atoms with Crippen molar-refractivity contribution in [2.24, 2.45) is 0 Å². The molecule has 0 fully saturated rings. The molecule has 4 aromatic rings. The summed E-state index contributed by atoms with van der Waals surface area (Å²) in [5.41, 5.74) is 9.95. The van der Waals surface area contributed by atoms with Gasteiger partial charge in [-0.2, -0.15) is 0 Å². The van der Waals surface area contributed by atoms with Gasteiger partial charge in [-0.3, -0.25) is 0 Å². The zero-order chi connectivity index (χ0) is 18.3. The van der Waals surface area contributed by atoms with Crippen LogP contribution in [0.25, 0.3) is 22.4 Å². The highest BCUT2D eigenvalue weighted by Gasteiger charge is 2.15. The summed E-state index contributed by atoms with van der Waals surface area (Å²) in [4.78, 5) is 4.98. The van der Waals surface area contributed by atoms with Gasteiger partial charge < -0.3 is 4.57 Å². The van der Waals surface area contributed by atoms with Gasteiger partial charge in [0.25, 0.3) is 0 Å². The Kier molecular flexibility index (Phi) is 4.12. The van der Waals surface area contributed by atoms with Crippen molar-refractivity contribution >= 4 is 11.0 Å². The quantitative estimate of drug-likeness (QED) is 0.448. The highest BCUT2D eigenvalue weighted by Crippen LogP contribution is 2.29. The van der Waals surface area contributed by atoms with Crippen molar-refractivity contribution in [3.63, 3.8) is 0 Å². The molecule has 0 bridgehead atoms. The molecule has 3 aromatic carbocycles. The first-order valence-corrected chi connectivity index (χ1v) is 9.12. The van der Waals surface area contributed by atoms with E-state index < -0.39 is 0 Å². The van der Waals surface area contributed by atoms with E-state index in [0.717, 1.165) is 17.9 Å². The number of nitrogens with zero attached hydrogens (tertiary/aromatic N) is 2. The summed E-state index contributed by atoms with van der Waals surface area (Å²) in [7, 11) is 0. The molecule has 0 radical (unpaired) electrons. The Labute approximate surface area is 155 Å². The molecule has 1 aromatic heterocycles. The van der Waals surface area contributed by atoms with Crippen LogP contribution >= 0.6 is 0 Å². The Bertz CT molecular complexity index is 1100. The number of para-hydroxylation sites is 2. The third-order valence-electron chi connectivity index (χ3n) is 5.11. The van der Waals surface area contributed by atoms with Crippen LogP contribution in [0.15, 0.2) is 60.7 Å². The molecule has 1 heterocycles. The Morgan fingerprint density at radius 1 is 0.769 bits per heavy atom. The van der Waals surface area contributed by atoms with Crippen LogP contribution in [0, 0.1) is 27.7 Å².